The van der Waals surface area contributed by atoms with E-state index < -0.39 is 5.76 Å². The summed E-state index contributed by atoms with van der Waals surface area (Å²) < 4.78 is 12.6. The molecule has 1 N–H and O–H groups in total. The number of aromatic nitrogens is 4. The van der Waals surface area contributed by atoms with E-state index in [1.165, 1.54) is 0 Å². The summed E-state index contributed by atoms with van der Waals surface area (Å²) >= 11 is 0. The summed E-state index contributed by atoms with van der Waals surface area (Å²) in [4.78, 5) is 33.2. The minimum absolute atomic E-state index is 0. The van der Waals surface area contributed by atoms with E-state index in [-0.39, 0.29) is 64.0 Å². The van der Waals surface area contributed by atoms with Crippen LogP contribution in [0, 0.1) is 6.92 Å². The SMILES string of the molecule is CCCc1nc(C)n(-c2ccc3c(c2)CCC(C)(C)O3)c(=O)c1Cc1ccc(-c2ccccc2-c2noc(=O)[nH]2)cc1.[H-].[K+]. The van der Waals surface area contributed by atoms with Crippen LogP contribution in [-0.2, 0) is 19.3 Å². The van der Waals surface area contributed by atoms with Crippen molar-refractivity contribution in [1.29, 1.82) is 0 Å². The van der Waals surface area contributed by atoms with Crippen molar-refractivity contribution >= 4 is 0 Å². The van der Waals surface area contributed by atoms with Crippen molar-refractivity contribution in [1.82, 2.24) is 19.7 Å². The Kier molecular flexibility index (Phi) is 9.39. The fraction of sp³-hybridized carbons (Fsp3) is 0.294. The van der Waals surface area contributed by atoms with Crippen molar-refractivity contribution in [2.24, 2.45) is 0 Å². The van der Waals surface area contributed by atoms with Gasteiger partial charge < -0.3 is 6.16 Å². The number of nitrogens with one attached hydrogen (secondary N) is 1. The monoisotopic (exact) mass is 602 g/mol. The summed E-state index contributed by atoms with van der Waals surface area (Å²) in [6.45, 7) is 8.21. The second-order valence-electron chi connectivity index (χ2n) is 11.5. The van der Waals surface area contributed by atoms with E-state index in [4.69, 9.17) is 14.2 Å². The third-order valence-corrected chi connectivity index (χ3v) is 7.87. The summed E-state index contributed by atoms with van der Waals surface area (Å²) in [7, 11) is 0. The van der Waals surface area contributed by atoms with Gasteiger partial charge in [0.1, 0.15) is 17.2 Å². The molecular formula is C34H35KN4O4. The third-order valence-electron chi connectivity index (χ3n) is 7.87. The Morgan fingerprint density at radius 2 is 1.77 bits per heavy atom. The van der Waals surface area contributed by atoms with Gasteiger partial charge in [0, 0.05) is 17.5 Å². The van der Waals surface area contributed by atoms with Crippen molar-refractivity contribution in [3.63, 3.8) is 0 Å². The first-order valence-corrected chi connectivity index (χ1v) is 14.4. The minimum atomic E-state index is -0.594. The molecule has 0 saturated heterocycles. The molecule has 0 amide bonds. The number of hydrogen-bond donors (Lipinski definition) is 1. The predicted octanol–water partition coefficient (Wildman–Crippen LogP) is 3.31. The summed E-state index contributed by atoms with van der Waals surface area (Å²) in [5, 5.41) is 3.86. The molecular weight excluding hydrogens is 567 g/mol. The van der Waals surface area contributed by atoms with Gasteiger partial charge in [-0.1, -0.05) is 67.0 Å². The maximum Gasteiger partial charge on any atom is 1.00 e. The van der Waals surface area contributed by atoms with Crippen LogP contribution in [0.5, 0.6) is 5.75 Å². The van der Waals surface area contributed by atoms with E-state index in [1.807, 2.05) is 67.6 Å². The fourth-order valence-electron chi connectivity index (χ4n) is 5.72. The van der Waals surface area contributed by atoms with Crippen molar-refractivity contribution in [2.75, 3.05) is 0 Å². The van der Waals surface area contributed by atoms with Crippen molar-refractivity contribution < 1.29 is 62.1 Å². The molecule has 9 heteroatoms. The molecule has 216 valence electrons. The van der Waals surface area contributed by atoms with Crippen LogP contribution in [0.25, 0.3) is 28.2 Å². The number of H-pyrrole nitrogens is 1. The van der Waals surface area contributed by atoms with E-state index in [0.717, 1.165) is 70.6 Å². The standard InChI is InChI=1S/C34H34N4O4.K.H/c1-5-8-29-28(32(39)38(21(2)35-29)25-15-16-30-24(20-25)17-18-34(3,4)41-30)19-22-11-13-23(14-12-22)26-9-6-7-10-27(26)31-36-33(40)42-37-31;;/h6-7,9-16,20H,5,8,17-19H2,1-4H3,(H,36,37,40);;/q;+1;-1. The molecule has 3 heterocycles. The van der Waals surface area contributed by atoms with Crippen LogP contribution in [0.2, 0.25) is 0 Å². The molecule has 0 atom stereocenters. The predicted molar refractivity (Wildman–Crippen MR) is 164 cm³/mol. The molecule has 2 aromatic heterocycles. The maximum atomic E-state index is 14.1. The van der Waals surface area contributed by atoms with Crippen LogP contribution in [0.4, 0.5) is 0 Å². The zero-order valence-electron chi connectivity index (χ0n) is 26.4. The van der Waals surface area contributed by atoms with Crippen LogP contribution in [0.1, 0.15) is 63.2 Å². The minimum Gasteiger partial charge on any atom is -1.00 e. The van der Waals surface area contributed by atoms with Gasteiger partial charge >= 0.3 is 57.1 Å². The van der Waals surface area contributed by atoms with Gasteiger partial charge in [-0.2, -0.15) is 0 Å². The van der Waals surface area contributed by atoms with Gasteiger partial charge in [-0.3, -0.25) is 18.9 Å². The van der Waals surface area contributed by atoms with E-state index in [2.05, 4.69) is 37.0 Å². The van der Waals surface area contributed by atoms with Crippen LogP contribution in [0.3, 0.4) is 0 Å². The molecule has 1 aliphatic heterocycles. The molecule has 0 aliphatic carbocycles. The molecule has 8 nitrogen and oxygen atoms in total. The molecule has 0 saturated carbocycles. The normalized spacial score (nSPS) is 13.6. The average molecular weight is 603 g/mol. The Labute approximate surface area is 294 Å². The van der Waals surface area contributed by atoms with E-state index in [9.17, 15) is 9.59 Å². The summed E-state index contributed by atoms with van der Waals surface area (Å²) in [6, 6.07) is 21.8. The van der Waals surface area contributed by atoms with Crippen LogP contribution >= 0.6 is 0 Å². The molecule has 1 aliphatic rings. The van der Waals surface area contributed by atoms with Gasteiger partial charge in [0.05, 0.1) is 11.4 Å². The first kappa shape index (κ1) is 31.3. The van der Waals surface area contributed by atoms with Crippen molar-refractivity contribution in [3.8, 4) is 34.0 Å². The topological polar surface area (TPSA) is 103 Å². The molecule has 3 aromatic carbocycles. The third kappa shape index (κ3) is 6.56. The number of ether oxygens (including phenoxy) is 1. The summed E-state index contributed by atoms with van der Waals surface area (Å²) in [5.74, 6) is 1.35. The molecule has 43 heavy (non-hydrogen) atoms. The number of rotatable bonds is 7. The first-order chi connectivity index (χ1) is 20.2. The molecule has 0 fully saturated rings. The van der Waals surface area contributed by atoms with Gasteiger partial charge in [-0.15, -0.1) is 0 Å². The zero-order valence-corrected chi connectivity index (χ0v) is 28.5. The average Bonchev–Trinajstić information content (AvgIpc) is 3.41. The Balaban J connectivity index is 0.00000221. The maximum absolute atomic E-state index is 14.1. The van der Waals surface area contributed by atoms with Crippen LogP contribution in [-0.4, -0.2) is 25.3 Å². The zero-order chi connectivity index (χ0) is 29.4. The Bertz CT molecular complexity index is 1890. The number of fused-ring (bicyclic) bond motifs is 1. The van der Waals surface area contributed by atoms with Gasteiger partial charge in [0.25, 0.3) is 5.56 Å². The number of nitrogens with zero attached hydrogens (tertiary/aromatic N) is 3. The van der Waals surface area contributed by atoms with E-state index >= 15 is 0 Å². The molecule has 5 aromatic rings. The van der Waals surface area contributed by atoms with Gasteiger partial charge in [-0.25, -0.2) is 9.78 Å². The van der Waals surface area contributed by atoms with Crippen LogP contribution < -0.4 is 67.4 Å². The molecule has 0 radical (unpaired) electrons. The van der Waals surface area contributed by atoms with Gasteiger partial charge in [0.2, 0.25) is 0 Å². The summed E-state index contributed by atoms with van der Waals surface area (Å²) in [6.07, 6.45) is 3.94. The molecule has 0 unspecified atom stereocenters. The quantitative estimate of drug-likeness (QED) is 0.287. The Morgan fingerprint density at radius 1 is 1.02 bits per heavy atom. The van der Waals surface area contributed by atoms with Crippen molar-refractivity contribution in [3.05, 3.63) is 116 Å². The van der Waals surface area contributed by atoms with Crippen molar-refractivity contribution in [2.45, 2.75) is 65.4 Å². The van der Waals surface area contributed by atoms with E-state index in [0.29, 0.717) is 23.6 Å². The number of hydrogen-bond acceptors (Lipinski definition) is 6. The second-order valence-corrected chi connectivity index (χ2v) is 11.5. The molecule has 0 spiro atoms. The smallest absolute Gasteiger partial charge is 1.00 e. The summed E-state index contributed by atoms with van der Waals surface area (Å²) in [5.41, 5.74) is 6.93. The number of benzene rings is 3. The second kappa shape index (κ2) is 12.9. The van der Waals surface area contributed by atoms with Gasteiger partial charge in [-0.05, 0) is 80.5 Å². The number of aryl methyl sites for hydroxylation is 3. The fourth-order valence-corrected chi connectivity index (χ4v) is 5.72. The first-order valence-electron chi connectivity index (χ1n) is 14.4. The number of aromatic amines is 1. The largest absolute Gasteiger partial charge is 1.00 e. The molecule has 0 bridgehead atoms. The van der Waals surface area contributed by atoms with Gasteiger partial charge in [0.15, 0.2) is 5.82 Å². The molecule has 6 rings (SSSR count). The van der Waals surface area contributed by atoms with E-state index in [1.54, 1.807) is 4.57 Å². The van der Waals surface area contributed by atoms with Crippen LogP contribution in [0.15, 0.2) is 80.8 Å². The Morgan fingerprint density at radius 3 is 2.47 bits per heavy atom. The Hall–Kier alpha value is -3.08.